The molecule has 0 aliphatic carbocycles. The second kappa shape index (κ2) is 5.24. The number of pyridine rings is 1. The molecule has 6 heteroatoms. The van der Waals surface area contributed by atoms with Gasteiger partial charge in [0.2, 0.25) is 5.65 Å². The topological polar surface area (TPSA) is 48.7 Å². The monoisotopic (exact) mass is 373 g/mol. The average Bonchev–Trinajstić information content (AvgIpc) is 2.82. The van der Waals surface area contributed by atoms with E-state index in [4.69, 9.17) is 9.47 Å². The molecule has 19 heavy (non-hydrogen) atoms. The number of ether oxygens (including phenoxy) is 2. The van der Waals surface area contributed by atoms with Gasteiger partial charge in [-0.05, 0) is 48.4 Å². The highest BCUT2D eigenvalue weighted by molar-refractivity contribution is 14.1. The third kappa shape index (κ3) is 2.31. The van der Waals surface area contributed by atoms with E-state index < -0.39 is 0 Å². The van der Waals surface area contributed by atoms with Gasteiger partial charge in [-0.15, -0.1) is 10.2 Å². The number of rotatable bonds is 2. The quantitative estimate of drug-likeness (QED) is 0.760. The van der Waals surface area contributed by atoms with Gasteiger partial charge in [0.05, 0.1) is 16.8 Å². The number of hydrogen-bond acceptors (Lipinski definition) is 4. The van der Waals surface area contributed by atoms with Crippen LogP contribution >= 0.6 is 22.6 Å². The summed E-state index contributed by atoms with van der Waals surface area (Å²) in [5.74, 6) is 2.21. The van der Waals surface area contributed by atoms with Crippen molar-refractivity contribution in [2.75, 3.05) is 13.7 Å². The summed E-state index contributed by atoms with van der Waals surface area (Å²) in [6.07, 6.45) is 4.31. The van der Waals surface area contributed by atoms with Gasteiger partial charge in [0.25, 0.3) is 0 Å². The summed E-state index contributed by atoms with van der Waals surface area (Å²) < 4.78 is 14.1. The van der Waals surface area contributed by atoms with Crippen molar-refractivity contribution in [3.8, 4) is 5.75 Å². The van der Waals surface area contributed by atoms with Gasteiger partial charge in [-0.25, -0.2) is 0 Å². The minimum Gasteiger partial charge on any atom is -0.492 e. The first-order chi connectivity index (χ1) is 9.20. The lowest BCUT2D eigenvalue weighted by molar-refractivity contribution is 0.0171. The summed E-state index contributed by atoms with van der Waals surface area (Å²) >= 11 is 2.25. The summed E-state index contributed by atoms with van der Waals surface area (Å²) in [4.78, 5) is 0. The van der Waals surface area contributed by atoms with Crippen LogP contribution in [0.15, 0.2) is 12.3 Å². The summed E-state index contributed by atoms with van der Waals surface area (Å²) in [5, 5.41) is 8.67. The molecule has 0 radical (unpaired) electrons. The predicted octanol–water partition coefficient (Wildman–Crippen LogP) is 2.63. The first-order valence-corrected chi connectivity index (χ1v) is 7.47. The maximum Gasteiger partial charge on any atom is 0.204 e. The Kier molecular flexibility index (Phi) is 3.62. The molecule has 2 atom stereocenters. The Morgan fingerprint density at radius 2 is 2.32 bits per heavy atom. The van der Waals surface area contributed by atoms with Crippen molar-refractivity contribution in [1.29, 1.82) is 0 Å². The summed E-state index contributed by atoms with van der Waals surface area (Å²) in [5.41, 5.74) is 0.795. The second-order valence-corrected chi connectivity index (χ2v) is 6.01. The van der Waals surface area contributed by atoms with Gasteiger partial charge in [-0.1, -0.05) is 0 Å². The molecular formula is C13H16IN3O2. The minimum atomic E-state index is 0.289. The first-order valence-electron chi connectivity index (χ1n) is 6.39. The third-order valence-electron chi connectivity index (χ3n) is 3.57. The van der Waals surface area contributed by atoms with Crippen LogP contribution < -0.4 is 4.74 Å². The molecule has 102 valence electrons. The van der Waals surface area contributed by atoms with Crippen LogP contribution in [0.1, 0.15) is 31.5 Å². The zero-order valence-electron chi connectivity index (χ0n) is 11.0. The molecule has 2 aromatic heterocycles. The Bertz CT molecular complexity index is 599. The zero-order valence-corrected chi connectivity index (χ0v) is 13.1. The Labute approximate surface area is 125 Å². The number of methoxy groups -OCH3 is 1. The van der Waals surface area contributed by atoms with Crippen LogP contribution in [0.25, 0.3) is 5.65 Å². The largest absolute Gasteiger partial charge is 0.492 e. The fourth-order valence-corrected chi connectivity index (χ4v) is 3.25. The number of nitrogens with zero attached hydrogens (tertiary/aromatic N) is 3. The Hall–Kier alpha value is -0.890. The molecule has 1 fully saturated rings. The molecule has 0 bridgehead atoms. The molecule has 0 saturated carbocycles. The van der Waals surface area contributed by atoms with Crippen LogP contribution in [-0.4, -0.2) is 34.4 Å². The van der Waals surface area contributed by atoms with Gasteiger partial charge in [0, 0.05) is 18.7 Å². The van der Waals surface area contributed by atoms with Gasteiger partial charge in [-0.3, -0.25) is 4.40 Å². The minimum absolute atomic E-state index is 0.289. The number of aromatic nitrogens is 3. The lowest BCUT2D eigenvalue weighted by atomic mass is 9.95. The van der Waals surface area contributed by atoms with E-state index >= 15 is 0 Å². The molecule has 5 nitrogen and oxygen atoms in total. The van der Waals surface area contributed by atoms with Gasteiger partial charge in [0.1, 0.15) is 5.82 Å². The molecule has 1 aliphatic rings. The van der Waals surface area contributed by atoms with Crippen LogP contribution in [0, 0.1) is 3.57 Å². The van der Waals surface area contributed by atoms with Gasteiger partial charge in [-0.2, -0.15) is 0 Å². The van der Waals surface area contributed by atoms with Gasteiger partial charge in [0.15, 0.2) is 5.75 Å². The second-order valence-electron chi connectivity index (χ2n) is 4.85. The van der Waals surface area contributed by atoms with Crippen molar-refractivity contribution in [2.45, 2.75) is 31.8 Å². The third-order valence-corrected chi connectivity index (χ3v) is 4.42. The molecule has 0 spiro atoms. The Morgan fingerprint density at radius 3 is 3.05 bits per heavy atom. The number of fused-ring (bicyclic) bond motifs is 1. The highest BCUT2D eigenvalue weighted by atomic mass is 127. The maximum absolute atomic E-state index is 5.60. The smallest absolute Gasteiger partial charge is 0.204 e. The standard InChI is InChI=1S/C13H16IN3O2/c1-8-7-9(4-6-19-8)12-15-16-13-11(18-2)10(14)3-5-17(12)13/h3,5,8-9H,4,6-7H2,1-2H3. The van der Waals surface area contributed by atoms with Crippen molar-refractivity contribution in [3.63, 3.8) is 0 Å². The maximum atomic E-state index is 5.60. The van der Waals surface area contributed by atoms with E-state index in [0.717, 1.165) is 40.2 Å². The number of halogens is 1. The fraction of sp³-hybridized carbons (Fsp3) is 0.538. The SMILES string of the molecule is COc1c(I)ccn2c(C3CCOC(C)C3)nnc12. The van der Waals surface area contributed by atoms with Crippen LogP contribution in [0.2, 0.25) is 0 Å². The van der Waals surface area contributed by atoms with E-state index in [9.17, 15) is 0 Å². The summed E-state index contributed by atoms with van der Waals surface area (Å²) in [6.45, 7) is 2.90. The molecule has 3 heterocycles. The zero-order chi connectivity index (χ0) is 13.4. The van der Waals surface area contributed by atoms with Crippen LogP contribution in [0.3, 0.4) is 0 Å². The van der Waals surface area contributed by atoms with Crippen LogP contribution in [-0.2, 0) is 4.74 Å². The summed E-state index contributed by atoms with van der Waals surface area (Å²) in [7, 11) is 1.67. The fourth-order valence-electron chi connectivity index (χ4n) is 2.63. The van der Waals surface area contributed by atoms with Crippen molar-refractivity contribution in [2.24, 2.45) is 0 Å². The van der Waals surface area contributed by atoms with Crippen molar-refractivity contribution < 1.29 is 9.47 Å². The summed E-state index contributed by atoms with van der Waals surface area (Å²) in [6, 6.07) is 2.03. The van der Waals surface area contributed by atoms with Crippen molar-refractivity contribution >= 4 is 28.2 Å². The molecule has 0 N–H and O–H groups in total. The van der Waals surface area contributed by atoms with Crippen LogP contribution in [0.5, 0.6) is 5.75 Å². The van der Waals surface area contributed by atoms with Gasteiger partial charge < -0.3 is 9.47 Å². The molecule has 1 aliphatic heterocycles. The molecule has 1 saturated heterocycles. The van der Waals surface area contributed by atoms with E-state index in [1.807, 2.05) is 16.7 Å². The predicted molar refractivity (Wildman–Crippen MR) is 79.6 cm³/mol. The van der Waals surface area contributed by atoms with E-state index in [1.165, 1.54) is 0 Å². The van der Waals surface area contributed by atoms with E-state index in [-0.39, 0.29) is 6.10 Å². The van der Waals surface area contributed by atoms with Crippen molar-refractivity contribution in [3.05, 3.63) is 21.7 Å². The lowest BCUT2D eigenvalue weighted by Crippen LogP contribution is -2.23. The lowest BCUT2D eigenvalue weighted by Gasteiger charge is -2.26. The first kappa shape index (κ1) is 13.1. The highest BCUT2D eigenvalue weighted by Gasteiger charge is 2.26. The molecule has 2 unspecified atom stereocenters. The van der Waals surface area contributed by atoms with Gasteiger partial charge >= 0.3 is 0 Å². The van der Waals surface area contributed by atoms with Crippen LogP contribution in [0.4, 0.5) is 0 Å². The Balaban J connectivity index is 2.05. The Morgan fingerprint density at radius 1 is 1.47 bits per heavy atom. The molecule has 2 aromatic rings. The molecular weight excluding hydrogens is 357 g/mol. The van der Waals surface area contributed by atoms with Crippen molar-refractivity contribution in [1.82, 2.24) is 14.6 Å². The normalized spacial score (nSPS) is 23.7. The number of hydrogen-bond donors (Lipinski definition) is 0. The molecule has 0 aromatic carbocycles. The highest BCUT2D eigenvalue weighted by Crippen LogP contribution is 2.32. The molecule has 0 amide bonds. The van der Waals surface area contributed by atoms with E-state index in [0.29, 0.717) is 5.92 Å². The molecule has 3 rings (SSSR count). The average molecular weight is 373 g/mol. The van der Waals surface area contributed by atoms with E-state index in [2.05, 4.69) is 39.7 Å². The van der Waals surface area contributed by atoms with E-state index in [1.54, 1.807) is 7.11 Å².